The van der Waals surface area contributed by atoms with Crippen molar-refractivity contribution in [3.63, 3.8) is 0 Å². The van der Waals surface area contributed by atoms with Gasteiger partial charge in [-0.1, -0.05) is 0 Å². The Bertz CT molecular complexity index is 158. The predicted octanol–water partition coefficient (Wildman–Crippen LogP) is 0.0725. The van der Waals surface area contributed by atoms with Gasteiger partial charge in [0.2, 0.25) is 0 Å². The minimum Gasteiger partial charge on any atom is -0.383 e. The molecule has 0 spiro atoms. The second-order valence-corrected chi connectivity index (χ2v) is 3.96. The summed E-state index contributed by atoms with van der Waals surface area (Å²) in [6, 6.07) is 0. The second-order valence-electron chi connectivity index (χ2n) is 3.96. The highest BCUT2D eigenvalue weighted by Crippen LogP contribution is 2.25. The highest BCUT2D eigenvalue weighted by molar-refractivity contribution is 4.92. The number of methoxy groups -OCH3 is 1. The molecule has 0 atom stereocenters. The number of ether oxygens (including phenoxy) is 2. The van der Waals surface area contributed by atoms with Crippen molar-refractivity contribution in [2.75, 3.05) is 47.1 Å². The van der Waals surface area contributed by atoms with Crippen molar-refractivity contribution < 1.29 is 9.47 Å². The summed E-state index contributed by atoms with van der Waals surface area (Å²) in [5, 5.41) is 0. The van der Waals surface area contributed by atoms with Gasteiger partial charge in [0.05, 0.1) is 6.61 Å². The largest absolute Gasteiger partial charge is 0.383 e. The molecule has 4 nitrogen and oxygen atoms in total. The maximum Gasteiger partial charge on any atom is 0.0589 e. The average Bonchev–Trinajstić information content (AvgIpc) is 2.26. The maximum atomic E-state index is 5.87. The van der Waals surface area contributed by atoms with E-state index in [1.807, 2.05) is 0 Å². The summed E-state index contributed by atoms with van der Waals surface area (Å²) in [6.45, 7) is 4.06. The molecule has 1 saturated heterocycles. The first-order valence-electron chi connectivity index (χ1n) is 5.23. The fourth-order valence-electron chi connectivity index (χ4n) is 1.96. The van der Waals surface area contributed by atoms with E-state index in [-0.39, 0.29) is 5.54 Å². The van der Waals surface area contributed by atoms with Crippen molar-refractivity contribution in [3.05, 3.63) is 0 Å². The van der Waals surface area contributed by atoms with E-state index in [1.165, 1.54) is 0 Å². The SMILES string of the molecule is COCCN(C)C1(CN)CCOCC1. The first-order valence-corrected chi connectivity index (χ1v) is 5.23. The summed E-state index contributed by atoms with van der Waals surface area (Å²) < 4.78 is 10.4. The minimum atomic E-state index is 0.136. The number of likely N-dealkylation sites (N-methyl/N-ethyl adjacent to an activating group) is 1. The van der Waals surface area contributed by atoms with Crippen LogP contribution in [-0.2, 0) is 9.47 Å². The molecule has 14 heavy (non-hydrogen) atoms. The van der Waals surface area contributed by atoms with E-state index in [2.05, 4.69) is 11.9 Å². The van der Waals surface area contributed by atoms with E-state index < -0.39 is 0 Å². The Morgan fingerprint density at radius 1 is 1.43 bits per heavy atom. The zero-order valence-electron chi connectivity index (χ0n) is 9.29. The van der Waals surface area contributed by atoms with E-state index in [0.29, 0.717) is 6.54 Å². The summed E-state index contributed by atoms with van der Waals surface area (Å²) in [5.74, 6) is 0. The van der Waals surface area contributed by atoms with Crippen LogP contribution in [0.1, 0.15) is 12.8 Å². The quantitative estimate of drug-likeness (QED) is 0.685. The van der Waals surface area contributed by atoms with Crippen LogP contribution in [0.4, 0.5) is 0 Å². The van der Waals surface area contributed by atoms with Crippen LogP contribution in [0.25, 0.3) is 0 Å². The Morgan fingerprint density at radius 3 is 2.57 bits per heavy atom. The van der Waals surface area contributed by atoms with E-state index in [1.54, 1.807) is 7.11 Å². The van der Waals surface area contributed by atoms with Gasteiger partial charge in [0.25, 0.3) is 0 Å². The molecular weight excluding hydrogens is 180 g/mol. The van der Waals surface area contributed by atoms with E-state index >= 15 is 0 Å². The number of hydrogen-bond donors (Lipinski definition) is 1. The molecule has 1 fully saturated rings. The minimum absolute atomic E-state index is 0.136. The number of rotatable bonds is 5. The Morgan fingerprint density at radius 2 is 2.07 bits per heavy atom. The lowest BCUT2D eigenvalue weighted by Crippen LogP contribution is -2.56. The molecule has 1 aliphatic heterocycles. The molecule has 0 aromatic carbocycles. The van der Waals surface area contributed by atoms with Crippen LogP contribution in [0.5, 0.6) is 0 Å². The van der Waals surface area contributed by atoms with Crippen molar-refractivity contribution in [1.82, 2.24) is 4.90 Å². The molecule has 4 heteroatoms. The molecule has 0 amide bonds. The number of hydrogen-bond acceptors (Lipinski definition) is 4. The molecule has 0 aromatic rings. The van der Waals surface area contributed by atoms with Crippen molar-refractivity contribution in [2.24, 2.45) is 5.73 Å². The van der Waals surface area contributed by atoms with Gasteiger partial charge in [-0.2, -0.15) is 0 Å². The number of nitrogens with two attached hydrogens (primary N) is 1. The molecule has 0 radical (unpaired) electrons. The summed E-state index contributed by atoms with van der Waals surface area (Å²) >= 11 is 0. The van der Waals surface area contributed by atoms with Gasteiger partial charge in [0.15, 0.2) is 0 Å². The smallest absolute Gasteiger partial charge is 0.0589 e. The van der Waals surface area contributed by atoms with Gasteiger partial charge in [0.1, 0.15) is 0 Å². The fraction of sp³-hybridized carbons (Fsp3) is 1.00. The monoisotopic (exact) mass is 202 g/mol. The van der Waals surface area contributed by atoms with Gasteiger partial charge < -0.3 is 15.2 Å². The van der Waals surface area contributed by atoms with Gasteiger partial charge in [0, 0.05) is 39.0 Å². The second kappa shape index (κ2) is 5.66. The molecule has 0 unspecified atom stereocenters. The third-order valence-corrected chi connectivity index (χ3v) is 3.24. The van der Waals surface area contributed by atoms with Crippen LogP contribution in [0, 0.1) is 0 Å². The van der Waals surface area contributed by atoms with E-state index in [9.17, 15) is 0 Å². The standard InChI is InChI=1S/C10H22N2O2/c1-12(5-8-13-2)10(9-11)3-6-14-7-4-10/h3-9,11H2,1-2H3. The van der Waals surface area contributed by atoms with Gasteiger partial charge in [-0.25, -0.2) is 0 Å². The van der Waals surface area contributed by atoms with Crippen LogP contribution < -0.4 is 5.73 Å². The van der Waals surface area contributed by atoms with Crippen molar-refractivity contribution >= 4 is 0 Å². The highest BCUT2D eigenvalue weighted by atomic mass is 16.5. The maximum absolute atomic E-state index is 5.87. The van der Waals surface area contributed by atoms with Crippen molar-refractivity contribution in [1.29, 1.82) is 0 Å². The Labute approximate surface area is 86.3 Å². The van der Waals surface area contributed by atoms with Crippen molar-refractivity contribution in [2.45, 2.75) is 18.4 Å². The first kappa shape index (κ1) is 11.9. The Balaban J connectivity index is 2.48. The fourth-order valence-corrected chi connectivity index (χ4v) is 1.96. The van der Waals surface area contributed by atoms with E-state index in [4.69, 9.17) is 15.2 Å². The zero-order valence-corrected chi connectivity index (χ0v) is 9.29. The molecule has 0 aromatic heterocycles. The Kier molecular flexibility index (Phi) is 4.81. The van der Waals surface area contributed by atoms with Gasteiger partial charge in [-0.3, -0.25) is 4.90 Å². The Hall–Kier alpha value is -0.160. The third kappa shape index (κ3) is 2.67. The highest BCUT2D eigenvalue weighted by Gasteiger charge is 2.34. The van der Waals surface area contributed by atoms with Gasteiger partial charge >= 0.3 is 0 Å². The van der Waals surface area contributed by atoms with Gasteiger partial charge in [-0.15, -0.1) is 0 Å². The van der Waals surface area contributed by atoms with Crippen LogP contribution >= 0.6 is 0 Å². The molecule has 84 valence electrons. The molecular formula is C10H22N2O2. The van der Waals surface area contributed by atoms with Crippen LogP contribution in [0.2, 0.25) is 0 Å². The molecule has 1 heterocycles. The summed E-state index contributed by atoms with van der Waals surface area (Å²) in [4.78, 5) is 2.32. The van der Waals surface area contributed by atoms with E-state index in [0.717, 1.165) is 39.2 Å². The molecule has 1 aliphatic rings. The first-order chi connectivity index (χ1) is 6.75. The molecule has 1 rings (SSSR count). The molecule has 0 bridgehead atoms. The topological polar surface area (TPSA) is 47.7 Å². The van der Waals surface area contributed by atoms with Gasteiger partial charge in [-0.05, 0) is 19.9 Å². The summed E-state index contributed by atoms with van der Waals surface area (Å²) in [7, 11) is 3.85. The normalized spacial score (nSPS) is 21.4. The summed E-state index contributed by atoms with van der Waals surface area (Å²) in [5.41, 5.74) is 6.01. The zero-order chi connectivity index (χ0) is 10.4. The van der Waals surface area contributed by atoms with Crippen LogP contribution in [0.15, 0.2) is 0 Å². The van der Waals surface area contributed by atoms with Crippen LogP contribution in [0.3, 0.4) is 0 Å². The number of nitrogens with zero attached hydrogens (tertiary/aromatic N) is 1. The lowest BCUT2D eigenvalue weighted by Gasteiger charge is -2.43. The van der Waals surface area contributed by atoms with Crippen LogP contribution in [-0.4, -0.2) is 57.5 Å². The third-order valence-electron chi connectivity index (χ3n) is 3.24. The predicted molar refractivity (Wildman–Crippen MR) is 56.3 cm³/mol. The molecule has 0 saturated carbocycles. The molecule has 0 aliphatic carbocycles. The average molecular weight is 202 g/mol. The molecule has 2 N–H and O–H groups in total. The lowest BCUT2D eigenvalue weighted by molar-refractivity contribution is -0.0202. The lowest BCUT2D eigenvalue weighted by atomic mass is 9.88. The van der Waals surface area contributed by atoms with Crippen molar-refractivity contribution in [3.8, 4) is 0 Å². The summed E-state index contributed by atoms with van der Waals surface area (Å²) in [6.07, 6.45) is 2.06.